The van der Waals surface area contributed by atoms with Gasteiger partial charge in [-0.2, -0.15) is 0 Å². The third kappa shape index (κ3) is 4.74. The Morgan fingerprint density at radius 2 is 1.81 bits per heavy atom. The van der Waals surface area contributed by atoms with Crippen molar-refractivity contribution in [3.63, 3.8) is 0 Å². The summed E-state index contributed by atoms with van der Waals surface area (Å²) in [5, 5.41) is 10.5. The van der Waals surface area contributed by atoms with Gasteiger partial charge in [-0.15, -0.1) is 0 Å². The number of hydrogen-bond acceptors (Lipinski definition) is 3. The summed E-state index contributed by atoms with van der Waals surface area (Å²) < 4.78 is 14.5. The van der Waals surface area contributed by atoms with E-state index in [2.05, 4.69) is 29.2 Å². The minimum atomic E-state index is -0.704. The van der Waals surface area contributed by atoms with Gasteiger partial charge in [-0.25, -0.2) is 4.39 Å². The van der Waals surface area contributed by atoms with Crippen LogP contribution in [0.25, 0.3) is 0 Å². The monoisotopic (exact) mass is 438 g/mol. The molecule has 2 aliphatic rings. The normalized spacial score (nSPS) is 22.3. The molecule has 2 fully saturated rings. The highest BCUT2D eigenvalue weighted by molar-refractivity contribution is 5.96. The molecule has 2 atom stereocenters. The van der Waals surface area contributed by atoms with Crippen LogP contribution >= 0.6 is 0 Å². The standard InChI is InChI=1S/C27H35FN2O2/c1-19-8-6-9-22(28)25(19)26(31)30-17-5-4-10-23(30)21-14-12-20(13-15-21)18-29-16-7-11-24(29)27(2,3)32/h6,8-9,12-15,23-24,32H,4-5,7,10-11,16-18H2,1-3H3. The van der Waals surface area contributed by atoms with Crippen LogP contribution in [-0.2, 0) is 6.54 Å². The van der Waals surface area contributed by atoms with Gasteiger partial charge >= 0.3 is 0 Å². The van der Waals surface area contributed by atoms with Crippen molar-refractivity contribution in [3.8, 4) is 0 Å². The minimum Gasteiger partial charge on any atom is -0.389 e. The Morgan fingerprint density at radius 1 is 1.06 bits per heavy atom. The molecule has 0 radical (unpaired) electrons. The highest BCUT2D eigenvalue weighted by atomic mass is 19.1. The molecule has 2 aliphatic heterocycles. The summed E-state index contributed by atoms with van der Waals surface area (Å²) in [4.78, 5) is 17.5. The molecule has 4 rings (SSSR count). The number of nitrogens with zero attached hydrogens (tertiary/aromatic N) is 2. The topological polar surface area (TPSA) is 43.8 Å². The number of amides is 1. The van der Waals surface area contributed by atoms with E-state index in [1.807, 2.05) is 18.7 Å². The molecule has 0 spiro atoms. The number of aliphatic hydroxyl groups is 1. The fraction of sp³-hybridized carbons (Fsp3) is 0.519. The second kappa shape index (κ2) is 9.32. The summed E-state index contributed by atoms with van der Waals surface area (Å²) >= 11 is 0. The summed E-state index contributed by atoms with van der Waals surface area (Å²) in [5.74, 6) is -0.652. The van der Waals surface area contributed by atoms with E-state index in [0.717, 1.165) is 50.8 Å². The Morgan fingerprint density at radius 3 is 2.50 bits per heavy atom. The first kappa shape index (κ1) is 22.9. The van der Waals surface area contributed by atoms with Gasteiger partial charge in [-0.05, 0) is 82.2 Å². The van der Waals surface area contributed by atoms with Crippen LogP contribution in [0.2, 0.25) is 0 Å². The number of benzene rings is 2. The molecule has 2 aromatic rings. The minimum absolute atomic E-state index is 0.0276. The maximum Gasteiger partial charge on any atom is 0.257 e. The van der Waals surface area contributed by atoms with Crippen LogP contribution in [0.15, 0.2) is 42.5 Å². The smallest absolute Gasteiger partial charge is 0.257 e. The van der Waals surface area contributed by atoms with Crippen molar-refractivity contribution in [2.45, 2.75) is 77.1 Å². The van der Waals surface area contributed by atoms with Gasteiger partial charge in [0.05, 0.1) is 17.2 Å². The van der Waals surface area contributed by atoms with E-state index in [1.54, 1.807) is 19.1 Å². The number of hydrogen-bond donors (Lipinski definition) is 1. The molecular formula is C27H35FN2O2. The van der Waals surface area contributed by atoms with E-state index < -0.39 is 11.4 Å². The number of carbonyl (C=O) groups is 1. The van der Waals surface area contributed by atoms with Gasteiger partial charge < -0.3 is 10.0 Å². The van der Waals surface area contributed by atoms with Crippen molar-refractivity contribution >= 4 is 5.91 Å². The lowest BCUT2D eigenvalue weighted by Gasteiger charge is -2.37. The SMILES string of the molecule is Cc1cccc(F)c1C(=O)N1CCCCC1c1ccc(CN2CCCC2C(C)(C)O)cc1. The van der Waals surface area contributed by atoms with Gasteiger partial charge in [0, 0.05) is 19.1 Å². The Balaban J connectivity index is 1.51. The number of carbonyl (C=O) groups excluding carboxylic acids is 1. The zero-order valence-electron chi connectivity index (χ0n) is 19.5. The van der Waals surface area contributed by atoms with Crippen LogP contribution in [0, 0.1) is 12.7 Å². The number of likely N-dealkylation sites (tertiary alicyclic amines) is 2. The summed E-state index contributed by atoms with van der Waals surface area (Å²) in [5.41, 5.74) is 2.49. The van der Waals surface area contributed by atoms with Crippen molar-refractivity contribution in [1.29, 1.82) is 0 Å². The summed E-state index contributed by atoms with van der Waals surface area (Å²) in [6.45, 7) is 8.06. The van der Waals surface area contributed by atoms with Gasteiger partial charge in [0.25, 0.3) is 5.91 Å². The largest absolute Gasteiger partial charge is 0.389 e. The van der Waals surface area contributed by atoms with Crippen molar-refractivity contribution in [3.05, 3.63) is 70.5 Å². The van der Waals surface area contributed by atoms with Crippen molar-refractivity contribution in [2.24, 2.45) is 0 Å². The molecule has 0 bridgehead atoms. The lowest BCUT2D eigenvalue weighted by atomic mass is 9.93. The molecular weight excluding hydrogens is 403 g/mol. The molecule has 4 nitrogen and oxygen atoms in total. The second-order valence-corrected chi connectivity index (χ2v) is 9.97. The molecule has 2 aromatic carbocycles. The molecule has 5 heteroatoms. The summed E-state index contributed by atoms with van der Waals surface area (Å²) in [7, 11) is 0. The maximum atomic E-state index is 14.5. The van der Waals surface area contributed by atoms with Gasteiger partial charge in [0.15, 0.2) is 0 Å². The number of rotatable bonds is 5. The maximum absolute atomic E-state index is 14.5. The second-order valence-electron chi connectivity index (χ2n) is 9.97. The lowest BCUT2D eigenvalue weighted by Crippen LogP contribution is -2.45. The fourth-order valence-corrected chi connectivity index (χ4v) is 5.46. The van der Waals surface area contributed by atoms with E-state index in [9.17, 15) is 14.3 Å². The molecule has 2 heterocycles. The number of piperidine rings is 1. The molecule has 1 amide bonds. The predicted octanol–water partition coefficient (Wildman–Crippen LogP) is 5.24. The highest BCUT2D eigenvalue weighted by Gasteiger charge is 2.36. The predicted molar refractivity (Wildman–Crippen MR) is 125 cm³/mol. The lowest BCUT2D eigenvalue weighted by molar-refractivity contribution is -0.00501. The van der Waals surface area contributed by atoms with Gasteiger partial charge in [-0.3, -0.25) is 9.69 Å². The molecule has 32 heavy (non-hydrogen) atoms. The molecule has 2 saturated heterocycles. The van der Waals surface area contributed by atoms with E-state index in [4.69, 9.17) is 0 Å². The zero-order valence-corrected chi connectivity index (χ0v) is 19.5. The Labute approximate surface area is 191 Å². The van der Waals surface area contributed by atoms with Crippen LogP contribution in [-0.4, -0.2) is 45.5 Å². The molecule has 172 valence electrons. The summed E-state index contributed by atoms with van der Waals surface area (Å²) in [6.07, 6.45) is 5.04. The first-order valence-electron chi connectivity index (χ1n) is 11.9. The average Bonchev–Trinajstić information content (AvgIpc) is 3.23. The highest BCUT2D eigenvalue weighted by Crippen LogP contribution is 2.34. The van der Waals surface area contributed by atoms with Gasteiger partial charge in [0.1, 0.15) is 5.82 Å². The Kier molecular flexibility index (Phi) is 6.68. The van der Waals surface area contributed by atoms with Gasteiger partial charge in [0.2, 0.25) is 0 Å². The van der Waals surface area contributed by atoms with E-state index in [-0.39, 0.29) is 23.6 Å². The van der Waals surface area contributed by atoms with Crippen LogP contribution in [0.5, 0.6) is 0 Å². The number of halogens is 1. The van der Waals surface area contributed by atoms with Crippen molar-refractivity contribution < 1.29 is 14.3 Å². The van der Waals surface area contributed by atoms with Crippen molar-refractivity contribution in [2.75, 3.05) is 13.1 Å². The van der Waals surface area contributed by atoms with Crippen LogP contribution in [0.4, 0.5) is 4.39 Å². The van der Waals surface area contributed by atoms with Crippen LogP contribution < -0.4 is 0 Å². The molecule has 0 aromatic heterocycles. The number of aryl methyl sites for hydroxylation is 1. The first-order chi connectivity index (χ1) is 15.3. The summed E-state index contributed by atoms with van der Waals surface area (Å²) in [6, 6.07) is 13.5. The van der Waals surface area contributed by atoms with Crippen molar-refractivity contribution in [1.82, 2.24) is 9.80 Å². The van der Waals surface area contributed by atoms with E-state index in [0.29, 0.717) is 12.1 Å². The zero-order chi connectivity index (χ0) is 22.9. The Hall–Kier alpha value is -2.24. The molecule has 2 unspecified atom stereocenters. The quantitative estimate of drug-likeness (QED) is 0.695. The third-order valence-corrected chi connectivity index (χ3v) is 7.13. The van der Waals surface area contributed by atoms with E-state index >= 15 is 0 Å². The molecule has 0 saturated carbocycles. The first-order valence-corrected chi connectivity index (χ1v) is 11.9. The van der Waals surface area contributed by atoms with Crippen LogP contribution in [0.1, 0.15) is 79.0 Å². The third-order valence-electron chi connectivity index (χ3n) is 7.13. The van der Waals surface area contributed by atoms with Gasteiger partial charge in [-0.1, -0.05) is 36.4 Å². The average molecular weight is 439 g/mol. The Bertz CT molecular complexity index is 931. The molecule has 1 N–H and O–H groups in total. The fourth-order valence-electron chi connectivity index (χ4n) is 5.46. The molecule has 0 aliphatic carbocycles. The van der Waals surface area contributed by atoms with Crippen LogP contribution in [0.3, 0.4) is 0 Å². The van der Waals surface area contributed by atoms with E-state index in [1.165, 1.54) is 11.6 Å².